The van der Waals surface area contributed by atoms with Crippen molar-refractivity contribution >= 4 is 11.8 Å². The van der Waals surface area contributed by atoms with Crippen molar-refractivity contribution in [2.45, 2.75) is 31.4 Å². The number of hydrogen-bond acceptors (Lipinski definition) is 4. The van der Waals surface area contributed by atoms with Gasteiger partial charge in [0.25, 0.3) is 0 Å². The Morgan fingerprint density at radius 2 is 2.08 bits per heavy atom. The highest BCUT2D eigenvalue weighted by molar-refractivity contribution is 5.82. The Morgan fingerprint density at radius 1 is 1.29 bits per heavy atom. The molecule has 2 aliphatic heterocycles. The summed E-state index contributed by atoms with van der Waals surface area (Å²) < 4.78 is 0. The average molecular weight is 331 g/mol. The van der Waals surface area contributed by atoms with Gasteiger partial charge in [-0.05, 0) is 24.3 Å². The molecule has 3 N–H and O–H groups in total. The van der Waals surface area contributed by atoms with E-state index in [1.807, 2.05) is 35.2 Å². The number of benzene rings is 1. The van der Waals surface area contributed by atoms with Gasteiger partial charge < -0.3 is 20.6 Å². The summed E-state index contributed by atoms with van der Waals surface area (Å²) in [6.45, 7) is 2.52. The fraction of sp³-hybridized carbons (Fsp3) is 0.556. The zero-order chi connectivity index (χ0) is 16.9. The molecule has 2 heterocycles. The highest BCUT2D eigenvalue weighted by atomic mass is 16.3. The molecule has 1 unspecified atom stereocenters. The Labute approximate surface area is 142 Å². The summed E-state index contributed by atoms with van der Waals surface area (Å²) in [6, 6.07) is 9.47. The van der Waals surface area contributed by atoms with Crippen molar-refractivity contribution < 1.29 is 14.7 Å². The van der Waals surface area contributed by atoms with E-state index in [1.165, 1.54) is 0 Å². The second-order valence-electron chi connectivity index (χ2n) is 6.75. The van der Waals surface area contributed by atoms with E-state index >= 15 is 0 Å². The number of nitrogens with one attached hydrogen (secondary N) is 2. The molecule has 6 heteroatoms. The zero-order valence-electron chi connectivity index (χ0n) is 13.8. The molecule has 2 amide bonds. The van der Waals surface area contributed by atoms with Gasteiger partial charge in [0.2, 0.25) is 11.8 Å². The van der Waals surface area contributed by atoms with Crippen molar-refractivity contribution in [2.24, 2.45) is 5.92 Å². The van der Waals surface area contributed by atoms with Crippen molar-refractivity contribution in [2.75, 3.05) is 26.2 Å². The van der Waals surface area contributed by atoms with Crippen LogP contribution in [0.4, 0.5) is 0 Å². The number of aliphatic hydroxyl groups is 1. The molecule has 0 bridgehead atoms. The Kier molecular flexibility index (Phi) is 5.48. The molecule has 3 atom stereocenters. The van der Waals surface area contributed by atoms with Gasteiger partial charge >= 0.3 is 0 Å². The lowest BCUT2D eigenvalue weighted by atomic mass is 10.1. The summed E-state index contributed by atoms with van der Waals surface area (Å²) in [5.41, 5.74) is 1.03. The maximum absolute atomic E-state index is 12.3. The number of aliphatic hydroxyl groups excluding tert-OH is 1. The average Bonchev–Trinajstić information content (AvgIpc) is 3.22. The van der Waals surface area contributed by atoms with Crippen LogP contribution in [-0.4, -0.2) is 60.1 Å². The van der Waals surface area contributed by atoms with Gasteiger partial charge in [0, 0.05) is 26.2 Å². The van der Waals surface area contributed by atoms with Crippen LogP contribution in [0.3, 0.4) is 0 Å². The zero-order valence-corrected chi connectivity index (χ0v) is 13.8. The lowest BCUT2D eigenvalue weighted by Gasteiger charge is -2.17. The normalized spacial score (nSPS) is 26.5. The van der Waals surface area contributed by atoms with E-state index in [4.69, 9.17) is 0 Å². The van der Waals surface area contributed by atoms with E-state index in [0.717, 1.165) is 18.5 Å². The maximum atomic E-state index is 12.3. The second-order valence-corrected chi connectivity index (χ2v) is 6.75. The molecule has 0 spiro atoms. The van der Waals surface area contributed by atoms with Crippen LogP contribution in [0.2, 0.25) is 0 Å². The van der Waals surface area contributed by atoms with E-state index in [-0.39, 0.29) is 17.9 Å². The number of rotatable bonds is 5. The van der Waals surface area contributed by atoms with Gasteiger partial charge in [-0.25, -0.2) is 0 Å². The highest BCUT2D eigenvalue weighted by Crippen LogP contribution is 2.17. The molecule has 2 aliphatic rings. The molecule has 0 aromatic heterocycles. The quantitative estimate of drug-likeness (QED) is 0.705. The molecule has 1 aromatic rings. The Balaban J connectivity index is 1.40. The fourth-order valence-electron chi connectivity index (χ4n) is 3.39. The monoisotopic (exact) mass is 331 g/mol. The van der Waals surface area contributed by atoms with Crippen molar-refractivity contribution in [1.29, 1.82) is 0 Å². The first kappa shape index (κ1) is 16.9. The molecular weight excluding hydrogens is 306 g/mol. The van der Waals surface area contributed by atoms with Gasteiger partial charge in [-0.1, -0.05) is 30.3 Å². The number of amides is 2. The minimum Gasteiger partial charge on any atom is -0.392 e. The SMILES string of the molecule is O=C(NCC1CCN(C(=O)Cc2ccccc2)C1)[C@@H]1C[C@@H](O)CN1. The number of likely N-dealkylation sites (tertiary alicyclic amines) is 1. The predicted octanol–water partition coefficient (Wildman–Crippen LogP) is -0.0834. The first-order chi connectivity index (χ1) is 11.6. The third kappa shape index (κ3) is 4.33. The van der Waals surface area contributed by atoms with E-state index in [1.54, 1.807) is 0 Å². The summed E-state index contributed by atoms with van der Waals surface area (Å²) >= 11 is 0. The molecular formula is C18H25N3O3. The summed E-state index contributed by atoms with van der Waals surface area (Å²) in [5, 5.41) is 15.4. The third-order valence-electron chi connectivity index (χ3n) is 4.83. The molecule has 2 fully saturated rings. The lowest BCUT2D eigenvalue weighted by molar-refractivity contribution is -0.129. The first-order valence-electron chi connectivity index (χ1n) is 8.62. The maximum Gasteiger partial charge on any atom is 0.237 e. The third-order valence-corrected chi connectivity index (χ3v) is 4.83. The van der Waals surface area contributed by atoms with Crippen molar-refractivity contribution in [3.63, 3.8) is 0 Å². The summed E-state index contributed by atoms with van der Waals surface area (Å²) in [7, 11) is 0. The minimum absolute atomic E-state index is 0.0550. The second kappa shape index (κ2) is 7.77. The standard InChI is InChI=1S/C18H25N3O3/c22-15-9-16(19-11-15)18(24)20-10-14-6-7-21(12-14)17(23)8-13-4-2-1-3-5-13/h1-5,14-16,19,22H,6-12H2,(H,20,24)/t14?,15-,16+/m1/s1. The molecule has 3 rings (SSSR count). The largest absolute Gasteiger partial charge is 0.392 e. The van der Waals surface area contributed by atoms with Crippen LogP contribution in [0.5, 0.6) is 0 Å². The molecule has 2 saturated heterocycles. The van der Waals surface area contributed by atoms with Crippen molar-refractivity contribution in [3.05, 3.63) is 35.9 Å². The summed E-state index contributed by atoms with van der Waals surface area (Å²) in [6.07, 6.45) is 1.39. The Hall–Kier alpha value is -1.92. The Bertz CT molecular complexity index is 578. The van der Waals surface area contributed by atoms with E-state index < -0.39 is 6.10 Å². The van der Waals surface area contributed by atoms with Crippen molar-refractivity contribution in [3.8, 4) is 0 Å². The van der Waals surface area contributed by atoms with Crippen molar-refractivity contribution in [1.82, 2.24) is 15.5 Å². The van der Waals surface area contributed by atoms with Gasteiger partial charge in [0.05, 0.1) is 18.6 Å². The van der Waals surface area contributed by atoms with E-state index in [9.17, 15) is 14.7 Å². The molecule has 0 saturated carbocycles. The number of nitrogens with zero attached hydrogens (tertiary/aromatic N) is 1. The van der Waals surface area contributed by atoms with Crippen LogP contribution < -0.4 is 10.6 Å². The fourth-order valence-corrected chi connectivity index (χ4v) is 3.39. The van der Waals surface area contributed by atoms with Crippen LogP contribution >= 0.6 is 0 Å². The topological polar surface area (TPSA) is 81.7 Å². The molecule has 130 valence electrons. The first-order valence-corrected chi connectivity index (χ1v) is 8.62. The molecule has 0 radical (unpaired) electrons. The molecule has 0 aliphatic carbocycles. The smallest absolute Gasteiger partial charge is 0.237 e. The molecule has 1 aromatic carbocycles. The van der Waals surface area contributed by atoms with Gasteiger partial charge in [-0.3, -0.25) is 9.59 Å². The number of hydrogen-bond donors (Lipinski definition) is 3. The Morgan fingerprint density at radius 3 is 2.79 bits per heavy atom. The molecule has 6 nitrogen and oxygen atoms in total. The predicted molar refractivity (Wildman–Crippen MR) is 90.3 cm³/mol. The van der Waals surface area contributed by atoms with Crippen LogP contribution in [0.1, 0.15) is 18.4 Å². The highest BCUT2D eigenvalue weighted by Gasteiger charge is 2.30. The lowest BCUT2D eigenvalue weighted by Crippen LogP contribution is -2.42. The van der Waals surface area contributed by atoms with E-state index in [2.05, 4.69) is 10.6 Å². The van der Waals surface area contributed by atoms with Gasteiger partial charge in [0.1, 0.15) is 0 Å². The van der Waals surface area contributed by atoms with Gasteiger partial charge in [-0.2, -0.15) is 0 Å². The number of carbonyl (C=O) groups is 2. The van der Waals surface area contributed by atoms with Gasteiger partial charge in [-0.15, -0.1) is 0 Å². The number of carbonyl (C=O) groups excluding carboxylic acids is 2. The number of β-amino-alcohol motifs (C(OH)–C–C–N with tert-alkyl or cyclic N) is 1. The van der Waals surface area contributed by atoms with E-state index in [0.29, 0.717) is 38.4 Å². The van der Waals surface area contributed by atoms with Gasteiger partial charge in [0.15, 0.2) is 0 Å². The van der Waals surface area contributed by atoms with Crippen LogP contribution in [-0.2, 0) is 16.0 Å². The molecule has 24 heavy (non-hydrogen) atoms. The minimum atomic E-state index is -0.432. The van der Waals surface area contributed by atoms with Crippen LogP contribution in [0, 0.1) is 5.92 Å². The van der Waals surface area contributed by atoms with Crippen LogP contribution in [0.15, 0.2) is 30.3 Å². The summed E-state index contributed by atoms with van der Waals surface area (Å²) in [5.74, 6) is 0.399. The van der Waals surface area contributed by atoms with Crippen LogP contribution in [0.25, 0.3) is 0 Å². The summed E-state index contributed by atoms with van der Waals surface area (Å²) in [4.78, 5) is 26.3.